The fourth-order valence-electron chi connectivity index (χ4n) is 1.59. The second-order valence-electron chi connectivity index (χ2n) is 4.86. The highest BCUT2D eigenvalue weighted by Gasteiger charge is 2.06. The van der Waals surface area contributed by atoms with Crippen molar-refractivity contribution in [2.75, 3.05) is 6.54 Å². The van der Waals surface area contributed by atoms with Crippen LogP contribution < -0.4 is 16.0 Å². The summed E-state index contributed by atoms with van der Waals surface area (Å²) >= 11 is 5.78. The highest BCUT2D eigenvalue weighted by atomic mass is 35.5. The maximum Gasteiger partial charge on any atom is 0.315 e. The fourth-order valence-corrected chi connectivity index (χ4v) is 1.71. The second-order valence-corrected chi connectivity index (χ2v) is 5.30. The fraction of sp³-hybridized carbons (Fsp3) is 0.467. The maximum absolute atomic E-state index is 11.6. The van der Waals surface area contributed by atoms with Crippen molar-refractivity contribution >= 4 is 23.5 Å². The molecule has 0 radical (unpaired) electrons. The van der Waals surface area contributed by atoms with Crippen LogP contribution in [0.1, 0.15) is 32.3 Å². The number of halogens is 1. The lowest BCUT2D eigenvalue weighted by atomic mass is 10.2. The van der Waals surface area contributed by atoms with Gasteiger partial charge in [-0.15, -0.1) is 0 Å². The van der Waals surface area contributed by atoms with Crippen LogP contribution in [0.4, 0.5) is 4.79 Å². The molecule has 1 aromatic rings. The second kappa shape index (κ2) is 9.23. The van der Waals surface area contributed by atoms with E-state index in [1.54, 1.807) is 12.1 Å². The highest BCUT2D eigenvalue weighted by Crippen LogP contribution is 2.08. The number of urea groups is 1. The Labute approximate surface area is 130 Å². The van der Waals surface area contributed by atoms with Crippen LogP contribution in [-0.2, 0) is 11.3 Å². The summed E-state index contributed by atoms with van der Waals surface area (Å²) in [7, 11) is 0. The molecule has 1 unspecified atom stereocenters. The Balaban J connectivity index is 2.16. The van der Waals surface area contributed by atoms with E-state index < -0.39 is 0 Å². The number of hydrogen-bond donors (Lipinski definition) is 3. The van der Waals surface area contributed by atoms with E-state index in [0.717, 1.165) is 12.0 Å². The van der Waals surface area contributed by atoms with Crippen LogP contribution in [-0.4, -0.2) is 24.5 Å². The normalized spacial score (nSPS) is 11.6. The third kappa shape index (κ3) is 7.56. The zero-order chi connectivity index (χ0) is 15.7. The molecule has 1 aromatic carbocycles. The molecule has 3 N–H and O–H groups in total. The molecule has 0 spiro atoms. The predicted octanol–water partition coefficient (Wildman–Crippen LogP) is 2.44. The zero-order valence-corrected chi connectivity index (χ0v) is 13.2. The van der Waals surface area contributed by atoms with E-state index in [1.165, 1.54) is 0 Å². The molecular formula is C15H22ClN3O2. The molecule has 6 heteroatoms. The number of amides is 3. The number of nitrogens with one attached hydrogen (secondary N) is 3. The first-order chi connectivity index (χ1) is 10.0. The summed E-state index contributed by atoms with van der Waals surface area (Å²) in [6.07, 6.45) is 1.17. The van der Waals surface area contributed by atoms with E-state index in [1.807, 2.05) is 26.0 Å². The van der Waals surface area contributed by atoms with Crippen molar-refractivity contribution in [2.24, 2.45) is 0 Å². The van der Waals surface area contributed by atoms with Gasteiger partial charge in [-0.2, -0.15) is 0 Å². The van der Waals surface area contributed by atoms with Gasteiger partial charge in [-0.3, -0.25) is 4.79 Å². The Kier molecular flexibility index (Phi) is 7.61. The van der Waals surface area contributed by atoms with Crippen LogP contribution in [0.2, 0.25) is 5.02 Å². The van der Waals surface area contributed by atoms with Crippen molar-refractivity contribution in [1.29, 1.82) is 0 Å². The summed E-state index contributed by atoms with van der Waals surface area (Å²) in [6.45, 7) is 4.69. The van der Waals surface area contributed by atoms with Crippen LogP contribution in [0.25, 0.3) is 0 Å². The first-order valence-electron chi connectivity index (χ1n) is 7.06. The monoisotopic (exact) mass is 311 g/mol. The van der Waals surface area contributed by atoms with Crippen molar-refractivity contribution in [1.82, 2.24) is 16.0 Å². The van der Waals surface area contributed by atoms with Crippen molar-refractivity contribution in [3.05, 3.63) is 34.9 Å². The molecular weight excluding hydrogens is 290 g/mol. The molecule has 116 valence electrons. The topological polar surface area (TPSA) is 70.2 Å². The molecule has 21 heavy (non-hydrogen) atoms. The van der Waals surface area contributed by atoms with Crippen molar-refractivity contribution in [2.45, 2.75) is 39.3 Å². The van der Waals surface area contributed by atoms with Gasteiger partial charge in [0.2, 0.25) is 5.91 Å². The SMILES string of the molecule is CCC(C)NC(=O)CCNC(=O)NCc1ccc(Cl)cc1. The minimum atomic E-state index is -0.290. The predicted molar refractivity (Wildman–Crippen MR) is 84.2 cm³/mol. The van der Waals surface area contributed by atoms with Crippen LogP contribution in [0, 0.1) is 0 Å². The summed E-state index contributed by atoms with van der Waals surface area (Å²) in [4.78, 5) is 23.1. The van der Waals surface area contributed by atoms with E-state index >= 15 is 0 Å². The Bertz CT molecular complexity index is 462. The molecule has 0 aliphatic heterocycles. The number of hydrogen-bond acceptors (Lipinski definition) is 2. The van der Waals surface area contributed by atoms with Gasteiger partial charge in [-0.25, -0.2) is 4.79 Å². The van der Waals surface area contributed by atoms with Crippen LogP contribution in [0.3, 0.4) is 0 Å². The molecule has 0 aliphatic rings. The zero-order valence-electron chi connectivity index (χ0n) is 12.4. The summed E-state index contributed by atoms with van der Waals surface area (Å²) in [5.41, 5.74) is 0.962. The lowest BCUT2D eigenvalue weighted by molar-refractivity contribution is -0.121. The summed E-state index contributed by atoms with van der Waals surface area (Å²) in [6, 6.07) is 7.12. The molecule has 0 bridgehead atoms. The molecule has 5 nitrogen and oxygen atoms in total. The minimum absolute atomic E-state index is 0.0534. The Morgan fingerprint density at radius 3 is 2.48 bits per heavy atom. The standard InChI is InChI=1S/C15H22ClN3O2/c1-3-11(2)19-14(20)8-9-17-15(21)18-10-12-4-6-13(16)7-5-12/h4-7,11H,3,8-10H2,1-2H3,(H,19,20)(H2,17,18,21). The van der Waals surface area contributed by atoms with Crippen molar-refractivity contribution in [3.8, 4) is 0 Å². The molecule has 3 amide bonds. The molecule has 0 heterocycles. The number of carbonyl (C=O) groups is 2. The molecule has 0 saturated heterocycles. The van der Waals surface area contributed by atoms with E-state index in [0.29, 0.717) is 18.1 Å². The van der Waals surface area contributed by atoms with Gasteiger partial charge in [-0.05, 0) is 31.0 Å². The molecule has 1 atom stereocenters. The largest absolute Gasteiger partial charge is 0.354 e. The number of benzene rings is 1. The lowest BCUT2D eigenvalue weighted by Gasteiger charge is -2.12. The molecule has 0 aliphatic carbocycles. The third-order valence-electron chi connectivity index (χ3n) is 3.02. The first-order valence-corrected chi connectivity index (χ1v) is 7.44. The van der Waals surface area contributed by atoms with Crippen LogP contribution >= 0.6 is 11.6 Å². The first kappa shape index (κ1) is 17.3. The molecule has 0 fully saturated rings. The highest BCUT2D eigenvalue weighted by molar-refractivity contribution is 6.30. The quantitative estimate of drug-likeness (QED) is 0.724. The number of rotatable bonds is 7. The van der Waals surface area contributed by atoms with Gasteiger partial charge in [-0.1, -0.05) is 30.7 Å². The number of carbonyl (C=O) groups excluding carboxylic acids is 2. The Hall–Kier alpha value is -1.75. The third-order valence-corrected chi connectivity index (χ3v) is 3.28. The van der Waals surface area contributed by atoms with Crippen molar-refractivity contribution < 1.29 is 9.59 Å². The maximum atomic E-state index is 11.6. The molecule has 0 saturated carbocycles. The van der Waals surface area contributed by atoms with Gasteiger partial charge in [0, 0.05) is 30.6 Å². The summed E-state index contributed by atoms with van der Waals surface area (Å²) < 4.78 is 0. The molecule has 1 rings (SSSR count). The van der Waals surface area contributed by atoms with Gasteiger partial charge >= 0.3 is 6.03 Å². The molecule has 0 aromatic heterocycles. The van der Waals surface area contributed by atoms with E-state index in [9.17, 15) is 9.59 Å². The minimum Gasteiger partial charge on any atom is -0.354 e. The lowest BCUT2D eigenvalue weighted by Crippen LogP contribution is -2.38. The Morgan fingerprint density at radius 2 is 1.86 bits per heavy atom. The van der Waals surface area contributed by atoms with Gasteiger partial charge < -0.3 is 16.0 Å². The van der Waals surface area contributed by atoms with Crippen LogP contribution in [0.5, 0.6) is 0 Å². The van der Waals surface area contributed by atoms with Gasteiger partial charge in [0.1, 0.15) is 0 Å². The van der Waals surface area contributed by atoms with E-state index in [4.69, 9.17) is 11.6 Å². The average Bonchev–Trinajstić information content (AvgIpc) is 2.46. The van der Waals surface area contributed by atoms with Gasteiger partial charge in [0.05, 0.1) is 0 Å². The van der Waals surface area contributed by atoms with Crippen molar-refractivity contribution in [3.63, 3.8) is 0 Å². The Morgan fingerprint density at radius 1 is 1.19 bits per heavy atom. The average molecular weight is 312 g/mol. The summed E-state index contributed by atoms with van der Waals surface area (Å²) in [5, 5.41) is 8.87. The van der Waals surface area contributed by atoms with Gasteiger partial charge in [0.25, 0.3) is 0 Å². The van der Waals surface area contributed by atoms with E-state index in [-0.39, 0.29) is 24.4 Å². The van der Waals surface area contributed by atoms with Gasteiger partial charge in [0.15, 0.2) is 0 Å². The summed E-state index contributed by atoms with van der Waals surface area (Å²) in [5.74, 6) is -0.0534. The van der Waals surface area contributed by atoms with E-state index in [2.05, 4.69) is 16.0 Å². The van der Waals surface area contributed by atoms with Crippen LogP contribution in [0.15, 0.2) is 24.3 Å². The smallest absolute Gasteiger partial charge is 0.315 e.